The third-order valence-corrected chi connectivity index (χ3v) is 6.33. The molecule has 5 rings (SSSR count). The van der Waals surface area contributed by atoms with Gasteiger partial charge in [-0.1, -0.05) is 35.0 Å². The fourth-order valence-electron chi connectivity index (χ4n) is 3.96. The first-order valence-electron chi connectivity index (χ1n) is 9.80. The van der Waals surface area contributed by atoms with E-state index in [0.29, 0.717) is 16.9 Å². The van der Waals surface area contributed by atoms with Crippen molar-refractivity contribution in [2.45, 2.75) is 32.9 Å². The number of nitrogens with two attached hydrogens (primary N) is 1. The lowest BCUT2D eigenvalue weighted by Gasteiger charge is -2.26. The molecule has 0 unspecified atom stereocenters. The van der Waals surface area contributed by atoms with Gasteiger partial charge in [0.25, 0.3) is 5.89 Å². The van der Waals surface area contributed by atoms with Crippen molar-refractivity contribution in [3.05, 3.63) is 52.7 Å². The molecule has 7 nitrogen and oxygen atoms in total. The fourth-order valence-corrected chi connectivity index (χ4v) is 4.61. The average Bonchev–Trinajstić information content (AvgIpc) is 3.38. The molecule has 0 aliphatic carbocycles. The van der Waals surface area contributed by atoms with Crippen molar-refractivity contribution in [1.82, 2.24) is 24.2 Å². The van der Waals surface area contributed by atoms with Crippen molar-refractivity contribution >= 4 is 34.6 Å². The standard InChI is InChI=1S/C21H21ClN6OS/c1-12(2)28-18-7-6-13(10-17(18)19(22)25-28)21-24-20(26-29-21)16-5-3-4-14-11-27(30-23)9-8-15(14)16/h3-7,10,12H,8-9,11,23H2,1-2H3. The lowest BCUT2D eigenvalue weighted by Crippen LogP contribution is -2.26. The SMILES string of the molecule is CC(C)n1nc(Cl)c2cc(-c3nc(-c4cccc5c4CCN(SN)C5)no3)ccc21. The molecule has 0 radical (unpaired) electrons. The molecule has 0 saturated carbocycles. The van der Waals surface area contributed by atoms with E-state index in [-0.39, 0.29) is 6.04 Å². The average molecular weight is 441 g/mol. The highest BCUT2D eigenvalue weighted by molar-refractivity contribution is 7.94. The van der Waals surface area contributed by atoms with Gasteiger partial charge in [-0.15, -0.1) is 0 Å². The second-order valence-corrected chi connectivity index (χ2v) is 8.73. The maximum atomic E-state index is 6.37. The number of rotatable bonds is 4. The predicted molar refractivity (Wildman–Crippen MR) is 120 cm³/mol. The highest BCUT2D eigenvalue weighted by atomic mass is 35.5. The van der Waals surface area contributed by atoms with Crippen molar-refractivity contribution in [2.24, 2.45) is 5.14 Å². The molecule has 2 aromatic carbocycles. The molecular weight excluding hydrogens is 420 g/mol. The smallest absolute Gasteiger partial charge is 0.258 e. The monoisotopic (exact) mass is 440 g/mol. The van der Waals surface area contributed by atoms with Crippen LogP contribution in [-0.2, 0) is 13.0 Å². The Kier molecular flexibility index (Phi) is 5.02. The molecule has 9 heteroatoms. The number of aromatic nitrogens is 4. The van der Waals surface area contributed by atoms with Gasteiger partial charge in [-0.3, -0.25) is 9.82 Å². The first kappa shape index (κ1) is 19.6. The highest BCUT2D eigenvalue weighted by Crippen LogP contribution is 2.33. The molecule has 0 spiro atoms. The minimum atomic E-state index is 0.221. The van der Waals surface area contributed by atoms with Gasteiger partial charge in [0.15, 0.2) is 5.15 Å². The van der Waals surface area contributed by atoms with Gasteiger partial charge < -0.3 is 4.52 Å². The van der Waals surface area contributed by atoms with Crippen LogP contribution in [0.1, 0.15) is 31.0 Å². The van der Waals surface area contributed by atoms with Crippen molar-refractivity contribution < 1.29 is 4.52 Å². The van der Waals surface area contributed by atoms with Crippen molar-refractivity contribution in [3.8, 4) is 22.8 Å². The highest BCUT2D eigenvalue weighted by Gasteiger charge is 2.22. The summed E-state index contributed by atoms with van der Waals surface area (Å²) in [5, 5.41) is 15.8. The summed E-state index contributed by atoms with van der Waals surface area (Å²) in [5.41, 5.74) is 5.32. The summed E-state index contributed by atoms with van der Waals surface area (Å²) >= 11 is 7.66. The normalized spacial score (nSPS) is 14.6. The number of fused-ring (bicyclic) bond motifs is 2. The van der Waals surface area contributed by atoms with E-state index in [4.69, 9.17) is 21.3 Å². The fraction of sp³-hybridized carbons (Fsp3) is 0.286. The van der Waals surface area contributed by atoms with Crippen LogP contribution in [0.4, 0.5) is 0 Å². The Morgan fingerprint density at radius 1 is 1.23 bits per heavy atom. The molecule has 2 N–H and O–H groups in total. The van der Waals surface area contributed by atoms with Crippen LogP contribution in [0.25, 0.3) is 33.7 Å². The molecule has 1 aliphatic heterocycles. The van der Waals surface area contributed by atoms with E-state index < -0.39 is 0 Å². The summed E-state index contributed by atoms with van der Waals surface area (Å²) in [6.07, 6.45) is 0.898. The van der Waals surface area contributed by atoms with Gasteiger partial charge in [0.2, 0.25) is 5.82 Å². The molecule has 30 heavy (non-hydrogen) atoms. The van der Waals surface area contributed by atoms with Gasteiger partial charge in [0.1, 0.15) is 0 Å². The summed E-state index contributed by atoms with van der Waals surface area (Å²) < 4.78 is 9.67. The Hall–Kier alpha value is -2.39. The largest absolute Gasteiger partial charge is 0.334 e. The second kappa shape index (κ2) is 7.70. The Morgan fingerprint density at radius 2 is 2.10 bits per heavy atom. The number of halogens is 1. The minimum Gasteiger partial charge on any atom is -0.334 e. The van der Waals surface area contributed by atoms with Gasteiger partial charge >= 0.3 is 0 Å². The zero-order valence-electron chi connectivity index (χ0n) is 16.7. The molecule has 1 aliphatic rings. The molecule has 154 valence electrons. The molecule has 3 heterocycles. The molecule has 0 saturated heterocycles. The molecular formula is C21H21ClN6OS. The molecule has 4 aromatic rings. The number of nitrogens with zero attached hydrogens (tertiary/aromatic N) is 5. The van der Waals surface area contributed by atoms with E-state index in [1.807, 2.05) is 35.0 Å². The van der Waals surface area contributed by atoms with Crippen LogP contribution in [0, 0.1) is 0 Å². The Labute approximate surface area is 183 Å². The van der Waals surface area contributed by atoms with Gasteiger partial charge in [-0.05, 0) is 49.6 Å². The topological polar surface area (TPSA) is 86.0 Å². The van der Waals surface area contributed by atoms with Crippen molar-refractivity contribution in [2.75, 3.05) is 6.54 Å². The quantitative estimate of drug-likeness (QED) is 0.453. The Bertz CT molecular complexity index is 1230. The van der Waals surface area contributed by atoms with E-state index in [1.165, 1.54) is 23.3 Å². The summed E-state index contributed by atoms with van der Waals surface area (Å²) in [4.78, 5) is 4.68. The second-order valence-electron chi connectivity index (χ2n) is 7.65. The maximum absolute atomic E-state index is 6.37. The third-order valence-electron chi connectivity index (χ3n) is 5.44. The van der Waals surface area contributed by atoms with E-state index in [1.54, 1.807) is 0 Å². The maximum Gasteiger partial charge on any atom is 0.258 e. The Morgan fingerprint density at radius 3 is 2.90 bits per heavy atom. The number of benzene rings is 2. The lowest BCUT2D eigenvalue weighted by atomic mass is 9.95. The van der Waals surface area contributed by atoms with Gasteiger partial charge in [-0.2, -0.15) is 10.1 Å². The molecule has 0 atom stereocenters. The molecule has 2 aromatic heterocycles. The first-order chi connectivity index (χ1) is 14.5. The van der Waals surface area contributed by atoms with Crippen LogP contribution < -0.4 is 5.14 Å². The van der Waals surface area contributed by atoms with E-state index in [2.05, 4.69) is 39.5 Å². The summed E-state index contributed by atoms with van der Waals surface area (Å²) in [6.45, 7) is 5.86. The number of hydrogen-bond acceptors (Lipinski definition) is 7. The molecule has 0 amide bonds. The minimum absolute atomic E-state index is 0.221. The van der Waals surface area contributed by atoms with Gasteiger partial charge in [-0.25, -0.2) is 4.31 Å². The van der Waals surface area contributed by atoms with E-state index >= 15 is 0 Å². The van der Waals surface area contributed by atoms with Crippen molar-refractivity contribution in [1.29, 1.82) is 0 Å². The Balaban J connectivity index is 1.52. The summed E-state index contributed by atoms with van der Waals surface area (Å²) in [5.74, 6) is 1.06. The first-order valence-corrected chi connectivity index (χ1v) is 11.0. The summed E-state index contributed by atoms with van der Waals surface area (Å²) in [7, 11) is 0. The molecule has 0 bridgehead atoms. The van der Waals surface area contributed by atoms with Crippen LogP contribution in [0.3, 0.4) is 0 Å². The van der Waals surface area contributed by atoms with E-state index in [9.17, 15) is 0 Å². The zero-order valence-corrected chi connectivity index (χ0v) is 18.2. The molecule has 0 fully saturated rings. The van der Waals surface area contributed by atoms with Gasteiger partial charge in [0, 0.05) is 47.8 Å². The van der Waals surface area contributed by atoms with Crippen LogP contribution in [-0.4, -0.2) is 30.8 Å². The van der Waals surface area contributed by atoms with Crippen LogP contribution in [0.15, 0.2) is 40.9 Å². The van der Waals surface area contributed by atoms with Gasteiger partial charge in [0.05, 0.1) is 5.52 Å². The summed E-state index contributed by atoms with van der Waals surface area (Å²) in [6, 6.07) is 12.3. The zero-order chi connectivity index (χ0) is 20.8. The van der Waals surface area contributed by atoms with Crippen LogP contribution >= 0.6 is 23.7 Å². The lowest BCUT2D eigenvalue weighted by molar-refractivity contribution is 0.431. The van der Waals surface area contributed by atoms with Crippen LogP contribution in [0.5, 0.6) is 0 Å². The van der Waals surface area contributed by atoms with Crippen molar-refractivity contribution in [3.63, 3.8) is 0 Å². The van der Waals surface area contributed by atoms with E-state index in [0.717, 1.165) is 41.5 Å². The third kappa shape index (κ3) is 3.30. The van der Waals surface area contributed by atoms with Crippen LogP contribution in [0.2, 0.25) is 5.15 Å². The number of hydrogen-bond donors (Lipinski definition) is 1. The predicted octanol–water partition coefficient (Wildman–Crippen LogP) is 4.87.